The van der Waals surface area contributed by atoms with Gasteiger partial charge in [-0.2, -0.15) is 0 Å². The molecule has 1 aliphatic rings. The highest BCUT2D eigenvalue weighted by Gasteiger charge is 2.25. The highest BCUT2D eigenvalue weighted by molar-refractivity contribution is 4.78. The zero-order valence-electron chi connectivity index (χ0n) is 11.1. The van der Waals surface area contributed by atoms with Gasteiger partial charge in [0.15, 0.2) is 0 Å². The van der Waals surface area contributed by atoms with E-state index in [1.807, 2.05) is 0 Å². The Morgan fingerprint density at radius 1 is 1.47 bits per heavy atom. The van der Waals surface area contributed by atoms with Crippen molar-refractivity contribution in [3.63, 3.8) is 0 Å². The molecule has 0 aliphatic carbocycles. The maximum absolute atomic E-state index is 9.80. The minimum atomic E-state index is -0.438. The molecular weight excluding hydrogens is 218 g/mol. The lowest BCUT2D eigenvalue weighted by molar-refractivity contribution is -0.0169. The first-order valence-electron chi connectivity index (χ1n) is 6.79. The first kappa shape index (κ1) is 14.9. The van der Waals surface area contributed by atoms with Gasteiger partial charge < -0.3 is 14.9 Å². The fourth-order valence-corrected chi connectivity index (χ4v) is 2.10. The Morgan fingerprint density at radius 2 is 2.24 bits per heavy atom. The highest BCUT2D eigenvalue weighted by Crippen LogP contribution is 2.16. The minimum Gasteiger partial charge on any atom is -0.392 e. The van der Waals surface area contributed by atoms with E-state index in [2.05, 4.69) is 18.7 Å². The average Bonchev–Trinajstić information content (AvgIpc) is 2.30. The Balaban J connectivity index is 2.11. The van der Waals surface area contributed by atoms with Crippen LogP contribution in [0.1, 0.15) is 33.1 Å². The molecule has 0 aromatic heterocycles. The van der Waals surface area contributed by atoms with Crippen LogP contribution in [-0.2, 0) is 4.74 Å². The van der Waals surface area contributed by atoms with Gasteiger partial charge in [0.05, 0.1) is 18.8 Å². The maximum atomic E-state index is 9.80. The highest BCUT2D eigenvalue weighted by atomic mass is 16.5. The normalized spacial score (nSPS) is 28.2. The number of rotatable bonds is 7. The molecule has 1 fully saturated rings. The lowest BCUT2D eigenvalue weighted by Crippen LogP contribution is -2.46. The summed E-state index contributed by atoms with van der Waals surface area (Å²) < 4.78 is 5.39. The quantitative estimate of drug-likeness (QED) is 0.653. The smallest absolute Gasteiger partial charge is 0.0900 e. The van der Waals surface area contributed by atoms with Gasteiger partial charge in [-0.25, -0.2) is 0 Å². The molecule has 4 nitrogen and oxygen atoms in total. The summed E-state index contributed by atoms with van der Waals surface area (Å²) in [5, 5.41) is 19.6. The number of ether oxygens (including phenoxy) is 1. The Bertz CT molecular complexity index is 201. The minimum absolute atomic E-state index is 0.253. The molecule has 1 saturated heterocycles. The topological polar surface area (TPSA) is 52.9 Å². The van der Waals surface area contributed by atoms with E-state index in [-0.39, 0.29) is 6.10 Å². The predicted molar refractivity (Wildman–Crippen MR) is 68.0 cm³/mol. The Morgan fingerprint density at radius 3 is 2.88 bits per heavy atom. The van der Waals surface area contributed by atoms with Crippen LogP contribution < -0.4 is 0 Å². The number of hydrogen-bond donors (Lipinski definition) is 2. The van der Waals surface area contributed by atoms with Gasteiger partial charge in [-0.15, -0.1) is 0 Å². The van der Waals surface area contributed by atoms with Gasteiger partial charge in [0.1, 0.15) is 0 Å². The monoisotopic (exact) mass is 245 g/mol. The van der Waals surface area contributed by atoms with E-state index in [4.69, 9.17) is 4.74 Å². The molecule has 1 rings (SSSR count). The molecule has 0 radical (unpaired) electrons. The Kier molecular flexibility index (Phi) is 7.04. The van der Waals surface area contributed by atoms with Crippen LogP contribution in [0.4, 0.5) is 0 Å². The van der Waals surface area contributed by atoms with E-state index in [1.165, 1.54) is 0 Å². The van der Waals surface area contributed by atoms with E-state index < -0.39 is 6.10 Å². The van der Waals surface area contributed by atoms with Gasteiger partial charge in [0.25, 0.3) is 0 Å². The lowest BCUT2D eigenvalue weighted by atomic mass is 9.96. The van der Waals surface area contributed by atoms with Crippen molar-refractivity contribution in [1.29, 1.82) is 0 Å². The van der Waals surface area contributed by atoms with Crippen molar-refractivity contribution in [2.75, 3.05) is 32.8 Å². The van der Waals surface area contributed by atoms with Gasteiger partial charge in [-0.3, -0.25) is 4.90 Å². The first-order chi connectivity index (χ1) is 8.13. The van der Waals surface area contributed by atoms with Crippen LogP contribution >= 0.6 is 0 Å². The SMILES string of the molecule is CCCCOCC(O)CN1CCC(C)C(O)C1. The number of likely N-dealkylation sites (tertiary alicyclic amines) is 1. The van der Waals surface area contributed by atoms with Gasteiger partial charge in [-0.05, 0) is 25.3 Å². The molecule has 2 N–H and O–H groups in total. The molecule has 4 heteroatoms. The Labute approximate surface area is 105 Å². The molecule has 0 amide bonds. The van der Waals surface area contributed by atoms with Crippen LogP contribution in [0.25, 0.3) is 0 Å². The third kappa shape index (κ3) is 5.82. The number of β-amino-alcohol motifs (C(OH)–C–C–N with tert-alkyl or cyclic N) is 2. The molecule has 17 heavy (non-hydrogen) atoms. The van der Waals surface area contributed by atoms with Crippen LogP contribution in [0.5, 0.6) is 0 Å². The summed E-state index contributed by atoms with van der Waals surface area (Å²) in [5.74, 6) is 0.379. The number of nitrogens with zero attached hydrogens (tertiary/aromatic N) is 1. The first-order valence-corrected chi connectivity index (χ1v) is 6.79. The third-order valence-electron chi connectivity index (χ3n) is 3.42. The van der Waals surface area contributed by atoms with Crippen molar-refractivity contribution in [1.82, 2.24) is 4.90 Å². The fourth-order valence-electron chi connectivity index (χ4n) is 2.10. The molecule has 3 atom stereocenters. The Hall–Kier alpha value is -0.160. The predicted octanol–water partition coefficient (Wildman–Crippen LogP) is 0.867. The van der Waals surface area contributed by atoms with Gasteiger partial charge in [-0.1, -0.05) is 20.3 Å². The molecule has 0 saturated carbocycles. The van der Waals surface area contributed by atoms with Crippen molar-refractivity contribution >= 4 is 0 Å². The third-order valence-corrected chi connectivity index (χ3v) is 3.42. The molecule has 102 valence electrons. The average molecular weight is 245 g/mol. The molecule has 0 spiro atoms. The summed E-state index contributed by atoms with van der Waals surface area (Å²) in [6.07, 6.45) is 2.48. The number of aliphatic hydroxyl groups is 2. The van der Waals surface area contributed by atoms with E-state index in [0.717, 1.165) is 32.4 Å². The zero-order valence-corrected chi connectivity index (χ0v) is 11.1. The number of aliphatic hydroxyl groups excluding tert-OH is 2. The molecule has 1 aliphatic heterocycles. The molecular formula is C13H27NO3. The summed E-state index contributed by atoms with van der Waals surface area (Å²) in [6.45, 7) is 7.57. The lowest BCUT2D eigenvalue weighted by Gasteiger charge is -2.35. The molecule has 3 unspecified atom stereocenters. The van der Waals surface area contributed by atoms with Gasteiger partial charge in [0.2, 0.25) is 0 Å². The second-order valence-corrected chi connectivity index (χ2v) is 5.18. The summed E-state index contributed by atoms with van der Waals surface area (Å²) in [5.41, 5.74) is 0. The van der Waals surface area contributed by atoms with Crippen molar-refractivity contribution in [3.05, 3.63) is 0 Å². The largest absolute Gasteiger partial charge is 0.392 e. The summed E-state index contributed by atoms with van der Waals surface area (Å²) in [7, 11) is 0. The van der Waals surface area contributed by atoms with E-state index in [0.29, 0.717) is 25.6 Å². The zero-order chi connectivity index (χ0) is 12.7. The molecule has 0 bridgehead atoms. The van der Waals surface area contributed by atoms with Crippen LogP contribution in [-0.4, -0.2) is 60.2 Å². The van der Waals surface area contributed by atoms with Crippen LogP contribution in [0, 0.1) is 5.92 Å². The van der Waals surface area contributed by atoms with Crippen molar-refractivity contribution in [2.45, 2.75) is 45.3 Å². The molecule has 0 aromatic carbocycles. The van der Waals surface area contributed by atoms with E-state index in [1.54, 1.807) is 0 Å². The van der Waals surface area contributed by atoms with Gasteiger partial charge in [0, 0.05) is 19.7 Å². The number of hydrogen-bond acceptors (Lipinski definition) is 4. The van der Waals surface area contributed by atoms with Crippen LogP contribution in [0.3, 0.4) is 0 Å². The number of piperidine rings is 1. The van der Waals surface area contributed by atoms with E-state index in [9.17, 15) is 10.2 Å². The maximum Gasteiger partial charge on any atom is 0.0900 e. The second kappa shape index (κ2) is 8.03. The van der Waals surface area contributed by atoms with Crippen molar-refractivity contribution in [3.8, 4) is 0 Å². The van der Waals surface area contributed by atoms with Crippen molar-refractivity contribution < 1.29 is 14.9 Å². The van der Waals surface area contributed by atoms with Crippen LogP contribution in [0.15, 0.2) is 0 Å². The summed E-state index contributed by atoms with van der Waals surface area (Å²) in [6, 6.07) is 0. The molecule has 0 aromatic rings. The standard InChI is InChI=1S/C13H27NO3/c1-3-4-7-17-10-12(15)8-14-6-5-11(2)13(16)9-14/h11-13,15-16H,3-10H2,1-2H3. The van der Waals surface area contributed by atoms with Crippen molar-refractivity contribution in [2.24, 2.45) is 5.92 Å². The molecule has 1 heterocycles. The summed E-state index contributed by atoms with van der Waals surface area (Å²) in [4.78, 5) is 2.12. The fraction of sp³-hybridized carbons (Fsp3) is 1.00. The van der Waals surface area contributed by atoms with Crippen LogP contribution in [0.2, 0.25) is 0 Å². The summed E-state index contributed by atoms with van der Waals surface area (Å²) >= 11 is 0. The number of unbranched alkanes of at least 4 members (excludes halogenated alkanes) is 1. The van der Waals surface area contributed by atoms with Gasteiger partial charge >= 0.3 is 0 Å². The van der Waals surface area contributed by atoms with E-state index >= 15 is 0 Å². The second-order valence-electron chi connectivity index (χ2n) is 5.18.